The van der Waals surface area contributed by atoms with Gasteiger partial charge in [-0.1, -0.05) is 43.2 Å². The Bertz CT molecular complexity index is 511. The van der Waals surface area contributed by atoms with Gasteiger partial charge in [0.25, 0.3) is 0 Å². The van der Waals surface area contributed by atoms with Gasteiger partial charge in [0.15, 0.2) is 5.54 Å². The maximum Gasteiger partial charge on any atom is 0.333 e. The molecule has 1 amide bonds. The molecule has 0 aliphatic heterocycles. The molecule has 1 aromatic rings. The lowest BCUT2D eigenvalue weighted by Crippen LogP contribution is -2.45. The second-order valence-corrected chi connectivity index (χ2v) is 5.38. The summed E-state index contributed by atoms with van der Waals surface area (Å²) in [5, 5.41) is 19.7. The number of amides is 1. The van der Waals surface area contributed by atoms with Crippen molar-refractivity contribution in [3.05, 3.63) is 35.9 Å². The zero-order valence-electron chi connectivity index (χ0n) is 12.5. The Hall–Kier alpha value is -2.37. The summed E-state index contributed by atoms with van der Waals surface area (Å²) < 4.78 is 0. The minimum atomic E-state index is -1.36. The van der Waals surface area contributed by atoms with Gasteiger partial charge in [0.1, 0.15) is 0 Å². The number of nitrogens with one attached hydrogen (secondary N) is 1. The number of hydrogen-bond donors (Lipinski definition) is 3. The second kappa shape index (κ2) is 8.17. The van der Waals surface area contributed by atoms with Crippen LogP contribution in [-0.4, -0.2) is 28.6 Å². The summed E-state index contributed by atoms with van der Waals surface area (Å²) in [5.41, 5.74) is -0.817. The van der Waals surface area contributed by atoms with Gasteiger partial charge in [0, 0.05) is 0 Å². The van der Waals surface area contributed by atoms with Gasteiger partial charge in [0.05, 0.1) is 5.92 Å². The van der Waals surface area contributed by atoms with Gasteiger partial charge in [-0.25, -0.2) is 4.79 Å². The predicted molar refractivity (Wildman–Crippen MR) is 80.2 cm³/mol. The first kappa shape index (κ1) is 17.7. The lowest BCUT2D eigenvalue weighted by Gasteiger charge is -2.24. The first-order valence-electron chi connectivity index (χ1n) is 7.15. The van der Waals surface area contributed by atoms with E-state index < -0.39 is 17.5 Å². The highest BCUT2D eigenvalue weighted by molar-refractivity contribution is 5.82. The number of carboxylic acid groups (broad SMARTS) is 2. The van der Waals surface area contributed by atoms with E-state index in [1.54, 1.807) is 30.3 Å². The minimum absolute atomic E-state index is 0.0185. The smallest absolute Gasteiger partial charge is 0.333 e. The van der Waals surface area contributed by atoms with Crippen LogP contribution in [0.5, 0.6) is 0 Å². The number of benzene rings is 1. The first-order valence-corrected chi connectivity index (χ1v) is 7.15. The third kappa shape index (κ3) is 4.58. The third-order valence-electron chi connectivity index (χ3n) is 3.83. The fourth-order valence-corrected chi connectivity index (χ4v) is 2.33. The Kier molecular flexibility index (Phi) is 6.56. The summed E-state index contributed by atoms with van der Waals surface area (Å²) in [7, 11) is 0. The predicted octanol–water partition coefficient (Wildman–Crippen LogP) is 1.99. The molecule has 22 heavy (non-hydrogen) atoms. The number of carbonyl (C=O) groups is 3. The molecule has 6 heteroatoms. The van der Waals surface area contributed by atoms with Crippen molar-refractivity contribution in [3.63, 3.8) is 0 Å². The molecule has 1 aliphatic rings. The molecule has 120 valence electrons. The molecule has 0 radical (unpaired) electrons. The Morgan fingerprint density at radius 3 is 2.09 bits per heavy atom. The van der Waals surface area contributed by atoms with E-state index >= 15 is 0 Å². The van der Waals surface area contributed by atoms with E-state index in [9.17, 15) is 14.4 Å². The average Bonchev–Trinajstić information content (AvgIpc) is 3.03. The van der Waals surface area contributed by atoms with E-state index in [4.69, 9.17) is 10.2 Å². The fraction of sp³-hybridized carbons (Fsp3) is 0.438. The van der Waals surface area contributed by atoms with Gasteiger partial charge in [0.2, 0.25) is 6.41 Å². The fourth-order valence-electron chi connectivity index (χ4n) is 2.33. The molecule has 1 unspecified atom stereocenters. The molecule has 1 aliphatic carbocycles. The topological polar surface area (TPSA) is 104 Å². The van der Waals surface area contributed by atoms with Crippen molar-refractivity contribution in [3.8, 4) is 0 Å². The van der Waals surface area contributed by atoms with Crippen molar-refractivity contribution >= 4 is 18.3 Å². The van der Waals surface area contributed by atoms with Crippen LogP contribution >= 0.6 is 0 Å². The molecule has 3 N–H and O–H groups in total. The summed E-state index contributed by atoms with van der Waals surface area (Å²) in [6, 6.07) is 8.55. The van der Waals surface area contributed by atoms with Crippen LogP contribution in [0.3, 0.4) is 0 Å². The summed E-state index contributed by atoms with van der Waals surface area (Å²) >= 11 is 0. The Balaban J connectivity index is 0.000000255. The summed E-state index contributed by atoms with van der Waals surface area (Å²) in [6.45, 7) is 1.44. The molecule has 2 rings (SSSR count). The van der Waals surface area contributed by atoms with Crippen LogP contribution in [0.1, 0.15) is 38.2 Å². The number of carbonyl (C=O) groups excluding carboxylic acids is 1. The van der Waals surface area contributed by atoms with Crippen LogP contribution in [0.15, 0.2) is 30.3 Å². The van der Waals surface area contributed by atoms with Gasteiger partial charge < -0.3 is 15.5 Å². The zero-order chi connectivity index (χ0) is 16.6. The number of carboxylic acids is 2. The van der Waals surface area contributed by atoms with Gasteiger partial charge in [-0.15, -0.1) is 0 Å². The van der Waals surface area contributed by atoms with Crippen LogP contribution in [0.25, 0.3) is 0 Å². The van der Waals surface area contributed by atoms with Crippen molar-refractivity contribution < 1.29 is 24.6 Å². The highest BCUT2D eigenvalue weighted by Gasteiger charge is 2.34. The normalized spacial score (nSPS) is 16.8. The van der Waals surface area contributed by atoms with Gasteiger partial charge >= 0.3 is 11.9 Å². The monoisotopic (exact) mass is 307 g/mol. The quantitative estimate of drug-likeness (QED) is 0.722. The molecule has 0 heterocycles. The molecule has 0 bridgehead atoms. The third-order valence-corrected chi connectivity index (χ3v) is 3.83. The first-order chi connectivity index (χ1) is 10.4. The summed E-state index contributed by atoms with van der Waals surface area (Å²) in [4.78, 5) is 31.5. The van der Waals surface area contributed by atoms with Crippen LogP contribution in [-0.2, 0) is 19.9 Å². The summed E-state index contributed by atoms with van der Waals surface area (Å²) in [5.74, 6) is -1.71. The largest absolute Gasteiger partial charge is 0.481 e. The standard InChI is InChI=1S/C10H11NO3.C6H10O2/c1-10(9(13)14,11-7-12)8-5-3-2-4-6-8;7-6(8)5-3-1-2-4-5/h2-7H,1H3,(H,11,12)(H,13,14);5H,1-4H2,(H,7,8). The van der Waals surface area contributed by atoms with Crippen LogP contribution in [0, 0.1) is 5.92 Å². The van der Waals surface area contributed by atoms with E-state index in [1.165, 1.54) is 6.92 Å². The lowest BCUT2D eigenvalue weighted by molar-refractivity contribution is -0.146. The van der Waals surface area contributed by atoms with E-state index in [-0.39, 0.29) is 5.92 Å². The van der Waals surface area contributed by atoms with E-state index in [0.717, 1.165) is 25.7 Å². The van der Waals surface area contributed by atoms with E-state index in [0.29, 0.717) is 12.0 Å². The average molecular weight is 307 g/mol. The molecule has 0 saturated heterocycles. The molecular formula is C16H21NO5. The highest BCUT2D eigenvalue weighted by atomic mass is 16.4. The van der Waals surface area contributed by atoms with Crippen molar-refractivity contribution in [2.75, 3.05) is 0 Å². The second-order valence-electron chi connectivity index (χ2n) is 5.38. The number of aliphatic carboxylic acids is 2. The lowest BCUT2D eigenvalue weighted by atomic mass is 9.92. The van der Waals surface area contributed by atoms with Crippen molar-refractivity contribution in [1.82, 2.24) is 5.32 Å². The van der Waals surface area contributed by atoms with Crippen LogP contribution < -0.4 is 5.32 Å². The molecule has 1 fully saturated rings. The van der Waals surface area contributed by atoms with Crippen molar-refractivity contribution in [2.45, 2.75) is 38.1 Å². The molecule has 1 atom stereocenters. The molecular weight excluding hydrogens is 286 g/mol. The number of hydrogen-bond acceptors (Lipinski definition) is 3. The Labute approximate surface area is 129 Å². The van der Waals surface area contributed by atoms with Crippen LogP contribution in [0.4, 0.5) is 0 Å². The minimum Gasteiger partial charge on any atom is -0.481 e. The molecule has 0 aromatic heterocycles. The molecule has 1 aromatic carbocycles. The molecule has 0 spiro atoms. The zero-order valence-corrected chi connectivity index (χ0v) is 12.5. The van der Waals surface area contributed by atoms with Gasteiger partial charge in [-0.2, -0.15) is 0 Å². The van der Waals surface area contributed by atoms with Gasteiger partial charge in [-0.05, 0) is 25.3 Å². The summed E-state index contributed by atoms with van der Waals surface area (Å²) in [6.07, 6.45) is 4.40. The SMILES string of the molecule is CC(NC=O)(C(=O)O)c1ccccc1.O=C(O)C1CCCC1. The maximum atomic E-state index is 11.0. The molecule has 6 nitrogen and oxygen atoms in total. The van der Waals surface area contributed by atoms with Crippen molar-refractivity contribution in [1.29, 1.82) is 0 Å². The van der Waals surface area contributed by atoms with E-state index in [1.807, 2.05) is 0 Å². The maximum absolute atomic E-state index is 11.0. The highest BCUT2D eigenvalue weighted by Crippen LogP contribution is 2.24. The molecule has 1 saturated carbocycles. The Morgan fingerprint density at radius 2 is 1.73 bits per heavy atom. The van der Waals surface area contributed by atoms with Crippen LogP contribution in [0.2, 0.25) is 0 Å². The van der Waals surface area contributed by atoms with Gasteiger partial charge in [-0.3, -0.25) is 9.59 Å². The van der Waals surface area contributed by atoms with Crippen molar-refractivity contribution in [2.24, 2.45) is 5.92 Å². The van der Waals surface area contributed by atoms with E-state index in [2.05, 4.69) is 5.32 Å². The Morgan fingerprint density at radius 1 is 1.18 bits per heavy atom. The number of rotatable bonds is 5.